The van der Waals surface area contributed by atoms with Crippen molar-refractivity contribution >= 4 is 29.5 Å². The Kier molecular flexibility index (Phi) is 5.41. The van der Waals surface area contributed by atoms with Crippen molar-refractivity contribution in [1.29, 1.82) is 0 Å². The van der Waals surface area contributed by atoms with Gasteiger partial charge in [0.25, 0.3) is 5.91 Å². The Balaban J connectivity index is 1.39. The zero-order chi connectivity index (χ0) is 22.1. The third-order valence-corrected chi connectivity index (χ3v) is 5.25. The number of carbonyl (C=O) groups excluding carboxylic acids is 4. The number of hydrogen-bond acceptors (Lipinski definition) is 5. The molecule has 0 aromatic heterocycles. The van der Waals surface area contributed by atoms with Crippen LogP contribution in [0.25, 0.3) is 0 Å². The number of ether oxygens (including phenoxy) is 1. The van der Waals surface area contributed by atoms with E-state index in [1.54, 1.807) is 31.2 Å². The second-order valence-corrected chi connectivity index (χ2v) is 7.61. The summed E-state index contributed by atoms with van der Waals surface area (Å²) in [5.74, 6) is -1.57. The van der Waals surface area contributed by atoms with Crippen LogP contribution in [0.2, 0.25) is 0 Å². The minimum Gasteiger partial charge on any atom is -0.444 e. The monoisotopic (exact) mass is 425 g/mol. The van der Waals surface area contributed by atoms with Crippen LogP contribution in [0, 0.1) is 12.7 Å². The number of anilines is 1. The van der Waals surface area contributed by atoms with Gasteiger partial charge in [-0.3, -0.25) is 25.0 Å². The highest BCUT2D eigenvalue weighted by Gasteiger charge is 2.39. The Morgan fingerprint density at radius 2 is 2.03 bits per heavy atom. The fourth-order valence-corrected chi connectivity index (χ4v) is 3.80. The number of piperidine rings is 1. The van der Waals surface area contributed by atoms with Gasteiger partial charge in [0.15, 0.2) is 0 Å². The number of imide groups is 1. The molecule has 1 fully saturated rings. The summed E-state index contributed by atoms with van der Waals surface area (Å²) >= 11 is 0. The van der Waals surface area contributed by atoms with E-state index in [-0.39, 0.29) is 37.1 Å². The number of rotatable bonds is 4. The standard InChI is InChI=1S/C22H20FN3O5/c1-12-6-15(23)9-16(7-12)24-22(30)31-11-13-2-3-14-10-26(21(29)17(14)8-13)18-4-5-19(27)25-20(18)28/h2-3,6-9,18H,4-5,10-11H2,1H3,(H,24,30)(H,25,27,28). The Morgan fingerprint density at radius 3 is 2.77 bits per heavy atom. The van der Waals surface area contributed by atoms with Crippen LogP contribution in [0.1, 0.15) is 39.9 Å². The predicted molar refractivity (Wildman–Crippen MR) is 107 cm³/mol. The highest BCUT2D eigenvalue weighted by Crippen LogP contribution is 2.28. The molecule has 0 spiro atoms. The first-order valence-corrected chi connectivity index (χ1v) is 9.77. The molecule has 4 amide bonds. The van der Waals surface area contributed by atoms with Crippen molar-refractivity contribution in [1.82, 2.24) is 10.2 Å². The molecular weight excluding hydrogens is 405 g/mol. The number of nitrogens with one attached hydrogen (secondary N) is 2. The second-order valence-electron chi connectivity index (χ2n) is 7.61. The first-order valence-electron chi connectivity index (χ1n) is 9.77. The highest BCUT2D eigenvalue weighted by atomic mass is 19.1. The molecule has 9 heteroatoms. The molecule has 0 radical (unpaired) electrons. The van der Waals surface area contributed by atoms with Gasteiger partial charge in [-0.1, -0.05) is 12.1 Å². The molecule has 0 saturated carbocycles. The molecule has 2 heterocycles. The fourth-order valence-electron chi connectivity index (χ4n) is 3.80. The number of halogens is 1. The third kappa shape index (κ3) is 4.40. The van der Waals surface area contributed by atoms with Gasteiger partial charge in [0.05, 0.1) is 0 Å². The van der Waals surface area contributed by atoms with Crippen LogP contribution in [0.3, 0.4) is 0 Å². The molecular formula is C22H20FN3O5. The van der Waals surface area contributed by atoms with Crippen molar-refractivity contribution < 1.29 is 28.3 Å². The van der Waals surface area contributed by atoms with Crippen LogP contribution in [0.5, 0.6) is 0 Å². The van der Waals surface area contributed by atoms with Crippen molar-refractivity contribution in [3.63, 3.8) is 0 Å². The number of aryl methyl sites for hydroxylation is 1. The van der Waals surface area contributed by atoms with E-state index in [0.29, 0.717) is 23.1 Å². The summed E-state index contributed by atoms with van der Waals surface area (Å²) < 4.78 is 18.6. The molecule has 2 aliphatic rings. The highest BCUT2D eigenvalue weighted by molar-refractivity contribution is 6.05. The van der Waals surface area contributed by atoms with Crippen molar-refractivity contribution in [3.05, 3.63) is 64.5 Å². The summed E-state index contributed by atoms with van der Waals surface area (Å²) in [6, 6.07) is 8.58. The lowest BCUT2D eigenvalue weighted by molar-refractivity contribution is -0.136. The maximum atomic E-state index is 13.4. The molecule has 0 aliphatic carbocycles. The Morgan fingerprint density at radius 1 is 1.23 bits per heavy atom. The van der Waals surface area contributed by atoms with Crippen LogP contribution in [-0.2, 0) is 27.5 Å². The smallest absolute Gasteiger partial charge is 0.411 e. The average molecular weight is 425 g/mol. The molecule has 1 saturated heterocycles. The van der Waals surface area contributed by atoms with Gasteiger partial charge in [-0.2, -0.15) is 0 Å². The Labute approximate surface area is 177 Å². The zero-order valence-corrected chi connectivity index (χ0v) is 16.7. The van der Waals surface area contributed by atoms with Crippen LogP contribution in [-0.4, -0.2) is 34.8 Å². The van der Waals surface area contributed by atoms with E-state index in [4.69, 9.17) is 4.74 Å². The van der Waals surface area contributed by atoms with Gasteiger partial charge in [0, 0.05) is 24.2 Å². The van der Waals surface area contributed by atoms with Crippen LogP contribution in [0.15, 0.2) is 36.4 Å². The number of nitrogens with zero attached hydrogens (tertiary/aromatic N) is 1. The lowest BCUT2D eigenvalue weighted by atomic mass is 10.0. The van der Waals surface area contributed by atoms with Crippen molar-refractivity contribution in [2.24, 2.45) is 0 Å². The fraction of sp³-hybridized carbons (Fsp3) is 0.273. The van der Waals surface area contributed by atoms with E-state index >= 15 is 0 Å². The van der Waals surface area contributed by atoms with Crippen molar-refractivity contribution in [3.8, 4) is 0 Å². The van der Waals surface area contributed by atoms with E-state index in [1.807, 2.05) is 0 Å². The molecule has 2 aromatic rings. The number of carbonyl (C=O) groups is 4. The van der Waals surface area contributed by atoms with E-state index < -0.39 is 23.9 Å². The predicted octanol–water partition coefficient (Wildman–Crippen LogP) is 2.64. The number of fused-ring (bicyclic) bond motifs is 1. The lowest BCUT2D eigenvalue weighted by Gasteiger charge is -2.29. The summed E-state index contributed by atoms with van der Waals surface area (Å²) in [6.07, 6.45) is -0.266. The Hall–Kier alpha value is -3.75. The summed E-state index contributed by atoms with van der Waals surface area (Å²) in [5, 5.41) is 4.73. The van der Waals surface area contributed by atoms with Gasteiger partial charge in [-0.15, -0.1) is 0 Å². The van der Waals surface area contributed by atoms with Crippen LogP contribution in [0.4, 0.5) is 14.9 Å². The van der Waals surface area contributed by atoms with E-state index in [2.05, 4.69) is 10.6 Å². The SMILES string of the molecule is Cc1cc(F)cc(NC(=O)OCc2ccc3c(c2)C(=O)N(C2CCC(=O)NC2=O)C3)c1. The van der Waals surface area contributed by atoms with Gasteiger partial charge in [-0.05, 0) is 54.3 Å². The lowest BCUT2D eigenvalue weighted by Crippen LogP contribution is -2.52. The molecule has 0 bridgehead atoms. The summed E-state index contributed by atoms with van der Waals surface area (Å²) in [4.78, 5) is 49.8. The quantitative estimate of drug-likeness (QED) is 0.733. The van der Waals surface area contributed by atoms with Gasteiger partial charge < -0.3 is 9.64 Å². The largest absolute Gasteiger partial charge is 0.444 e. The molecule has 8 nitrogen and oxygen atoms in total. The van der Waals surface area contributed by atoms with Gasteiger partial charge in [0.1, 0.15) is 18.5 Å². The van der Waals surface area contributed by atoms with E-state index in [9.17, 15) is 23.6 Å². The van der Waals surface area contributed by atoms with Gasteiger partial charge in [0.2, 0.25) is 11.8 Å². The van der Waals surface area contributed by atoms with E-state index in [0.717, 1.165) is 5.56 Å². The minimum atomic E-state index is -0.748. The second kappa shape index (κ2) is 8.17. The third-order valence-electron chi connectivity index (χ3n) is 5.25. The molecule has 31 heavy (non-hydrogen) atoms. The molecule has 2 aromatic carbocycles. The van der Waals surface area contributed by atoms with E-state index in [1.165, 1.54) is 17.0 Å². The molecule has 2 N–H and O–H groups in total. The molecule has 160 valence electrons. The summed E-state index contributed by atoms with van der Waals surface area (Å²) in [6.45, 7) is 1.90. The Bertz CT molecular complexity index is 1080. The van der Waals surface area contributed by atoms with Gasteiger partial charge in [-0.25, -0.2) is 9.18 Å². The molecule has 1 atom stereocenters. The van der Waals surface area contributed by atoms with Crippen molar-refractivity contribution in [2.45, 2.75) is 39.0 Å². The first-order chi connectivity index (χ1) is 14.8. The summed E-state index contributed by atoms with van der Waals surface area (Å²) in [5.41, 5.74) is 2.74. The number of benzene rings is 2. The topological polar surface area (TPSA) is 105 Å². The van der Waals surface area contributed by atoms with Gasteiger partial charge >= 0.3 is 6.09 Å². The minimum absolute atomic E-state index is 0.0842. The first kappa shape index (κ1) is 20.5. The zero-order valence-electron chi connectivity index (χ0n) is 16.7. The number of hydrogen-bond donors (Lipinski definition) is 2. The number of amides is 4. The molecule has 2 aliphatic heterocycles. The molecule has 1 unspecified atom stereocenters. The van der Waals surface area contributed by atoms with Crippen molar-refractivity contribution in [2.75, 3.05) is 5.32 Å². The molecule has 4 rings (SSSR count). The maximum Gasteiger partial charge on any atom is 0.411 e. The van der Waals surface area contributed by atoms with Crippen LogP contribution < -0.4 is 10.6 Å². The summed E-state index contributed by atoms with van der Waals surface area (Å²) in [7, 11) is 0. The average Bonchev–Trinajstić information content (AvgIpc) is 3.01. The normalized spacial score (nSPS) is 17.9. The van der Waals surface area contributed by atoms with Crippen LogP contribution >= 0.6 is 0 Å². The maximum absolute atomic E-state index is 13.4.